The van der Waals surface area contributed by atoms with Crippen molar-refractivity contribution in [3.63, 3.8) is 0 Å². The average Bonchev–Trinajstić information content (AvgIpc) is 2.68. The number of aryl methyl sites for hydroxylation is 3. The van der Waals surface area contributed by atoms with E-state index in [9.17, 15) is 13.6 Å². The molecular weight excluding hydrogens is 378 g/mol. The van der Waals surface area contributed by atoms with Crippen LogP contribution in [-0.4, -0.2) is 23.0 Å². The van der Waals surface area contributed by atoms with Crippen molar-refractivity contribution in [1.82, 2.24) is 9.97 Å². The summed E-state index contributed by atoms with van der Waals surface area (Å²) in [5.41, 5.74) is 2.32. The van der Waals surface area contributed by atoms with Crippen LogP contribution >= 0.6 is 0 Å². The minimum Gasteiger partial charge on any atom is -0.481 e. The Morgan fingerprint density at radius 2 is 1.69 bits per heavy atom. The van der Waals surface area contributed by atoms with Crippen molar-refractivity contribution in [3.8, 4) is 5.88 Å². The van der Waals surface area contributed by atoms with Crippen molar-refractivity contribution < 1.29 is 18.3 Å². The molecule has 0 radical (unpaired) electrons. The van der Waals surface area contributed by atoms with E-state index in [1.165, 1.54) is 32.2 Å². The van der Waals surface area contributed by atoms with Gasteiger partial charge >= 0.3 is 0 Å². The monoisotopic (exact) mass is 398 g/mol. The number of carbonyl (C=O) groups excluding carboxylic acids is 1. The van der Waals surface area contributed by atoms with Crippen LogP contribution in [-0.2, 0) is 0 Å². The van der Waals surface area contributed by atoms with Gasteiger partial charge in [0.2, 0.25) is 5.88 Å². The Hall–Kier alpha value is -3.55. The lowest BCUT2D eigenvalue weighted by molar-refractivity contribution is 0.102. The van der Waals surface area contributed by atoms with E-state index in [4.69, 9.17) is 4.74 Å². The molecule has 2 aromatic heterocycles. The lowest BCUT2D eigenvalue weighted by atomic mass is 10.1. The number of nitrogens with zero attached hydrogens (tertiary/aromatic N) is 2. The Balaban J connectivity index is 1.95. The first-order valence-electron chi connectivity index (χ1n) is 8.81. The lowest BCUT2D eigenvalue weighted by Crippen LogP contribution is -2.17. The normalized spacial score (nSPS) is 10.6. The van der Waals surface area contributed by atoms with Gasteiger partial charge in [-0.15, -0.1) is 0 Å². The van der Waals surface area contributed by atoms with Crippen LogP contribution in [0, 0.1) is 32.4 Å². The fourth-order valence-corrected chi connectivity index (χ4v) is 2.72. The summed E-state index contributed by atoms with van der Waals surface area (Å²) in [4.78, 5) is 21.2. The van der Waals surface area contributed by atoms with Crippen LogP contribution < -0.4 is 15.4 Å². The number of nitrogens with one attached hydrogen (secondary N) is 2. The highest BCUT2D eigenvalue weighted by atomic mass is 19.1. The van der Waals surface area contributed by atoms with Crippen LogP contribution in [0.1, 0.15) is 27.3 Å². The number of carbonyl (C=O) groups is 1. The Labute approximate surface area is 167 Å². The minimum absolute atomic E-state index is 0.00652. The van der Waals surface area contributed by atoms with Crippen LogP contribution in [0.5, 0.6) is 5.88 Å². The second-order valence-electron chi connectivity index (χ2n) is 6.48. The number of ether oxygens (including phenoxy) is 1. The molecule has 0 aliphatic heterocycles. The number of hydrogen-bond donors (Lipinski definition) is 2. The molecule has 0 fully saturated rings. The molecule has 0 spiro atoms. The maximum Gasteiger partial charge on any atom is 0.259 e. The summed E-state index contributed by atoms with van der Waals surface area (Å²) in [6.07, 6.45) is 0. The fraction of sp³-hybridized carbons (Fsp3) is 0.190. The highest BCUT2D eigenvalue weighted by Gasteiger charge is 2.18. The van der Waals surface area contributed by atoms with Gasteiger partial charge in [-0.25, -0.2) is 18.7 Å². The van der Waals surface area contributed by atoms with Crippen molar-refractivity contribution in [2.24, 2.45) is 0 Å². The van der Waals surface area contributed by atoms with E-state index in [1.54, 1.807) is 26.0 Å². The SMILES string of the molecule is COc1ccc(NC(=O)c2cc(F)c(C)nc2Nc2ccc(F)cc2C)c(C)n1. The van der Waals surface area contributed by atoms with Crippen LogP contribution in [0.3, 0.4) is 0 Å². The molecule has 0 atom stereocenters. The van der Waals surface area contributed by atoms with E-state index in [1.807, 2.05) is 0 Å². The molecule has 0 aliphatic rings. The van der Waals surface area contributed by atoms with E-state index >= 15 is 0 Å². The van der Waals surface area contributed by atoms with Crippen molar-refractivity contribution in [2.75, 3.05) is 17.7 Å². The van der Waals surface area contributed by atoms with E-state index in [2.05, 4.69) is 20.6 Å². The summed E-state index contributed by atoms with van der Waals surface area (Å²) in [6.45, 7) is 4.93. The number of rotatable bonds is 5. The molecule has 29 heavy (non-hydrogen) atoms. The molecule has 2 N–H and O–H groups in total. The number of aromatic nitrogens is 2. The van der Waals surface area contributed by atoms with E-state index < -0.39 is 11.7 Å². The standard InChI is InChI=1S/C21H20F2N4O2/c1-11-9-14(22)5-6-17(11)26-20-15(10-16(23)12(2)25-20)21(28)27-18-7-8-19(29-4)24-13(18)3/h5-10H,1-4H3,(H,25,26)(H,27,28). The smallest absolute Gasteiger partial charge is 0.259 e. The van der Waals surface area contributed by atoms with Gasteiger partial charge in [0.25, 0.3) is 5.91 Å². The van der Waals surface area contributed by atoms with Crippen molar-refractivity contribution in [1.29, 1.82) is 0 Å². The number of benzene rings is 1. The van der Waals surface area contributed by atoms with Crippen LogP contribution in [0.25, 0.3) is 0 Å². The zero-order valence-corrected chi connectivity index (χ0v) is 16.4. The molecule has 0 saturated carbocycles. The van der Waals surface area contributed by atoms with Crippen LogP contribution in [0.15, 0.2) is 36.4 Å². The van der Waals surface area contributed by atoms with E-state index in [-0.39, 0.29) is 22.9 Å². The molecule has 3 aromatic rings. The summed E-state index contributed by atoms with van der Waals surface area (Å²) < 4.78 is 32.6. The number of halogens is 2. The first kappa shape index (κ1) is 20.2. The highest BCUT2D eigenvalue weighted by Crippen LogP contribution is 2.26. The van der Waals surface area contributed by atoms with Crippen molar-refractivity contribution >= 4 is 23.1 Å². The number of hydrogen-bond acceptors (Lipinski definition) is 5. The molecular formula is C21H20F2N4O2. The van der Waals surface area contributed by atoms with Gasteiger partial charge in [-0.1, -0.05) is 0 Å². The lowest BCUT2D eigenvalue weighted by Gasteiger charge is -2.15. The van der Waals surface area contributed by atoms with Crippen LogP contribution in [0.2, 0.25) is 0 Å². The van der Waals surface area contributed by atoms with Gasteiger partial charge < -0.3 is 15.4 Å². The Morgan fingerprint density at radius 1 is 0.966 bits per heavy atom. The fourth-order valence-electron chi connectivity index (χ4n) is 2.72. The average molecular weight is 398 g/mol. The largest absolute Gasteiger partial charge is 0.481 e. The number of amides is 1. The number of methoxy groups -OCH3 is 1. The van der Waals surface area contributed by atoms with Crippen LogP contribution in [0.4, 0.5) is 26.0 Å². The molecule has 0 saturated heterocycles. The zero-order chi connectivity index (χ0) is 21.1. The zero-order valence-electron chi connectivity index (χ0n) is 16.4. The van der Waals surface area contributed by atoms with Gasteiger partial charge in [0, 0.05) is 11.8 Å². The summed E-state index contributed by atoms with van der Waals surface area (Å²) in [5, 5.41) is 5.71. The third kappa shape index (κ3) is 4.48. The minimum atomic E-state index is -0.610. The number of anilines is 3. The predicted octanol–water partition coefficient (Wildman–Crippen LogP) is 4.68. The van der Waals surface area contributed by atoms with Gasteiger partial charge in [0.15, 0.2) is 0 Å². The van der Waals surface area contributed by atoms with Gasteiger partial charge in [-0.2, -0.15) is 0 Å². The summed E-state index contributed by atoms with van der Waals surface area (Å²) >= 11 is 0. The van der Waals surface area contributed by atoms with Gasteiger partial charge in [-0.3, -0.25) is 4.79 Å². The van der Waals surface area contributed by atoms with Crippen molar-refractivity contribution in [2.45, 2.75) is 20.8 Å². The molecule has 0 bridgehead atoms. The first-order valence-corrected chi connectivity index (χ1v) is 8.81. The van der Waals surface area contributed by atoms with Gasteiger partial charge in [-0.05, 0) is 56.7 Å². The molecule has 150 valence electrons. The third-order valence-electron chi connectivity index (χ3n) is 4.36. The van der Waals surface area contributed by atoms with Gasteiger partial charge in [0.05, 0.1) is 29.7 Å². The quantitative estimate of drug-likeness (QED) is 0.652. The van der Waals surface area contributed by atoms with Crippen molar-refractivity contribution in [3.05, 3.63) is 70.5 Å². The molecule has 2 heterocycles. The van der Waals surface area contributed by atoms with E-state index in [0.29, 0.717) is 28.5 Å². The Morgan fingerprint density at radius 3 is 2.34 bits per heavy atom. The molecule has 8 heteroatoms. The second-order valence-corrected chi connectivity index (χ2v) is 6.48. The molecule has 0 unspecified atom stereocenters. The summed E-state index contributed by atoms with van der Waals surface area (Å²) in [7, 11) is 1.50. The maximum atomic E-state index is 14.2. The summed E-state index contributed by atoms with van der Waals surface area (Å²) in [6, 6.07) is 8.55. The molecule has 1 amide bonds. The van der Waals surface area contributed by atoms with E-state index in [0.717, 1.165) is 6.07 Å². The Kier molecular flexibility index (Phi) is 5.72. The third-order valence-corrected chi connectivity index (χ3v) is 4.36. The Bertz CT molecular complexity index is 1090. The highest BCUT2D eigenvalue weighted by molar-refractivity contribution is 6.08. The molecule has 0 aliphatic carbocycles. The molecule has 6 nitrogen and oxygen atoms in total. The van der Waals surface area contributed by atoms with Gasteiger partial charge in [0.1, 0.15) is 17.5 Å². The maximum absolute atomic E-state index is 14.2. The molecule has 1 aromatic carbocycles. The number of pyridine rings is 2. The summed E-state index contributed by atoms with van der Waals surface area (Å²) in [5.74, 6) is -0.973. The topological polar surface area (TPSA) is 76.1 Å². The molecule has 3 rings (SSSR count). The first-order chi connectivity index (χ1) is 13.8. The predicted molar refractivity (Wildman–Crippen MR) is 107 cm³/mol. The second kappa shape index (κ2) is 8.22.